The first-order chi connectivity index (χ1) is 13.1. The fourth-order valence-corrected chi connectivity index (χ4v) is 2.99. The smallest absolute Gasteiger partial charge is 0.166 e. The van der Waals surface area contributed by atoms with Crippen LogP contribution in [0.3, 0.4) is 0 Å². The lowest BCUT2D eigenvalue weighted by Gasteiger charge is -2.18. The number of ether oxygens (including phenoxy) is 3. The Morgan fingerprint density at radius 2 is 1.74 bits per heavy atom. The van der Waals surface area contributed by atoms with Gasteiger partial charge in [0, 0.05) is 6.54 Å². The van der Waals surface area contributed by atoms with Gasteiger partial charge in [-0.3, -0.25) is 0 Å². The van der Waals surface area contributed by atoms with Gasteiger partial charge >= 0.3 is 0 Å². The van der Waals surface area contributed by atoms with E-state index in [4.69, 9.17) is 26.4 Å². The Kier molecular flexibility index (Phi) is 8.20. The van der Waals surface area contributed by atoms with Crippen LogP contribution in [-0.4, -0.2) is 32.5 Å². The first kappa shape index (κ1) is 20.8. The first-order valence-electron chi connectivity index (χ1n) is 9.05. The summed E-state index contributed by atoms with van der Waals surface area (Å²) in [5.74, 6) is 2.35. The summed E-state index contributed by atoms with van der Waals surface area (Å²) in [6.45, 7) is 5.46. The lowest BCUT2D eigenvalue weighted by molar-refractivity contribution is 0.340. The van der Waals surface area contributed by atoms with Gasteiger partial charge in [-0.2, -0.15) is 0 Å². The standard InChI is InChI=1S/C21H28N2O3S/c1-5-26-18-9-7-17(8-10-18)15(2)23-21(27)22-13-12-16-6-11-19(24-3)20(14-16)25-4/h6-11,14-15H,5,12-13H2,1-4H3,(H2,22,23,27). The molecule has 27 heavy (non-hydrogen) atoms. The third-order valence-electron chi connectivity index (χ3n) is 4.19. The molecule has 2 rings (SSSR count). The Labute approximate surface area is 167 Å². The third-order valence-corrected chi connectivity index (χ3v) is 4.45. The molecule has 0 saturated carbocycles. The van der Waals surface area contributed by atoms with Crippen LogP contribution in [0.4, 0.5) is 0 Å². The molecular weight excluding hydrogens is 360 g/mol. The van der Waals surface area contributed by atoms with Gasteiger partial charge in [0.2, 0.25) is 0 Å². The minimum absolute atomic E-state index is 0.113. The van der Waals surface area contributed by atoms with E-state index in [1.54, 1.807) is 14.2 Å². The largest absolute Gasteiger partial charge is 0.494 e. The van der Waals surface area contributed by atoms with Crippen LogP contribution in [0.15, 0.2) is 42.5 Å². The van der Waals surface area contributed by atoms with Crippen molar-refractivity contribution in [2.24, 2.45) is 0 Å². The molecule has 146 valence electrons. The highest BCUT2D eigenvalue weighted by Gasteiger charge is 2.08. The summed E-state index contributed by atoms with van der Waals surface area (Å²) in [4.78, 5) is 0. The van der Waals surface area contributed by atoms with Crippen molar-refractivity contribution in [3.8, 4) is 17.2 Å². The van der Waals surface area contributed by atoms with E-state index in [-0.39, 0.29) is 6.04 Å². The number of methoxy groups -OCH3 is 2. The van der Waals surface area contributed by atoms with Crippen LogP contribution in [0.2, 0.25) is 0 Å². The monoisotopic (exact) mass is 388 g/mol. The van der Waals surface area contributed by atoms with Crippen molar-refractivity contribution < 1.29 is 14.2 Å². The van der Waals surface area contributed by atoms with Crippen molar-refractivity contribution in [1.82, 2.24) is 10.6 Å². The average molecular weight is 389 g/mol. The minimum Gasteiger partial charge on any atom is -0.494 e. The number of nitrogens with one attached hydrogen (secondary N) is 2. The molecule has 0 aliphatic rings. The Morgan fingerprint density at radius 1 is 1.04 bits per heavy atom. The van der Waals surface area contributed by atoms with Crippen LogP contribution in [-0.2, 0) is 6.42 Å². The van der Waals surface area contributed by atoms with E-state index in [9.17, 15) is 0 Å². The van der Waals surface area contributed by atoms with Crippen molar-refractivity contribution >= 4 is 17.3 Å². The highest BCUT2D eigenvalue weighted by atomic mass is 32.1. The van der Waals surface area contributed by atoms with Crippen LogP contribution in [0.1, 0.15) is 31.0 Å². The number of thiocarbonyl (C=S) groups is 1. The highest BCUT2D eigenvalue weighted by Crippen LogP contribution is 2.27. The second-order valence-electron chi connectivity index (χ2n) is 6.06. The van der Waals surface area contributed by atoms with Crippen molar-refractivity contribution in [3.63, 3.8) is 0 Å². The molecule has 0 radical (unpaired) electrons. The van der Waals surface area contributed by atoms with Crippen molar-refractivity contribution in [2.45, 2.75) is 26.3 Å². The Bertz CT molecular complexity index is 735. The number of benzene rings is 2. The minimum atomic E-state index is 0.113. The number of hydrogen-bond acceptors (Lipinski definition) is 4. The SMILES string of the molecule is CCOc1ccc(C(C)NC(=S)NCCc2ccc(OC)c(OC)c2)cc1. The Hall–Kier alpha value is -2.47. The Balaban J connectivity index is 1.80. The summed E-state index contributed by atoms with van der Waals surface area (Å²) in [7, 11) is 3.27. The zero-order valence-electron chi connectivity index (χ0n) is 16.4. The molecule has 2 aromatic rings. The topological polar surface area (TPSA) is 51.8 Å². The van der Waals surface area contributed by atoms with Crippen molar-refractivity contribution in [1.29, 1.82) is 0 Å². The maximum atomic E-state index is 5.47. The molecule has 0 spiro atoms. The van der Waals surface area contributed by atoms with Crippen LogP contribution < -0.4 is 24.8 Å². The van der Waals surface area contributed by atoms with Gasteiger partial charge in [0.1, 0.15) is 5.75 Å². The number of rotatable bonds is 9. The molecule has 5 nitrogen and oxygen atoms in total. The van der Waals surface area contributed by atoms with E-state index in [0.717, 1.165) is 41.3 Å². The maximum Gasteiger partial charge on any atom is 0.166 e. The summed E-state index contributed by atoms with van der Waals surface area (Å²) in [5.41, 5.74) is 2.31. The molecule has 0 aromatic heterocycles. The molecule has 6 heteroatoms. The summed E-state index contributed by atoms with van der Waals surface area (Å²) in [5, 5.41) is 7.20. The van der Waals surface area contributed by atoms with Crippen LogP contribution in [0.25, 0.3) is 0 Å². The van der Waals surface area contributed by atoms with Crippen LogP contribution >= 0.6 is 12.2 Å². The molecular formula is C21H28N2O3S. The molecule has 2 N–H and O–H groups in total. The summed E-state index contributed by atoms with van der Waals surface area (Å²) in [6.07, 6.45) is 0.833. The van der Waals surface area contributed by atoms with E-state index in [1.165, 1.54) is 0 Å². The molecule has 0 bridgehead atoms. The quantitative estimate of drug-likeness (QED) is 0.636. The molecule has 1 atom stereocenters. The van der Waals surface area contributed by atoms with E-state index in [1.807, 2.05) is 37.3 Å². The molecule has 0 fully saturated rings. The predicted octanol–water partition coefficient (Wildman–Crippen LogP) is 3.87. The molecule has 0 amide bonds. The lowest BCUT2D eigenvalue weighted by atomic mass is 10.1. The van der Waals surface area contributed by atoms with Gasteiger partial charge in [-0.15, -0.1) is 0 Å². The van der Waals surface area contributed by atoms with Gasteiger partial charge < -0.3 is 24.8 Å². The van der Waals surface area contributed by atoms with Gasteiger partial charge in [-0.05, 0) is 67.9 Å². The zero-order chi connectivity index (χ0) is 19.6. The van der Waals surface area contributed by atoms with E-state index < -0.39 is 0 Å². The average Bonchev–Trinajstić information content (AvgIpc) is 2.68. The summed E-state index contributed by atoms with van der Waals surface area (Å²) < 4.78 is 16.1. The van der Waals surface area contributed by atoms with Gasteiger partial charge in [-0.1, -0.05) is 18.2 Å². The molecule has 1 unspecified atom stereocenters. The summed E-state index contributed by atoms with van der Waals surface area (Å²) in [6, 6.07) is 14.1. The number of hydrogen-bond donors (Lipinski definition) is 2. The highest BCUT2D eigenvalue weighted by molar-refractivity contribution is 7.80. The fourth-order valence-electron chi connectivity index (χ4n) is 2.71. The molecule has 2 aromatic carbocycles. The predicted molar refractivity (Wildman–Crippen MR) is 113 cm³/mol. The van der Waals surface area contributed by atoms with Gasteiger partial charge in [-0.25, -0.2) is 0 Å². The zero-order valence-corrected chi connectivity index (χ0v) is 17.2. The Morgan fingerprint density at radius 3 is 2.37 bits per heavy atom. The van der Waals surface area contributed by atoms with Crippen LogP contribution in [0, 0.1) is 0 Å². The van der Waals surface area contributed by atoms with E-state index in [0.29, 0.717) is 11.7 Å². The normalized spacial score (nSPS) is 11.4. The second-order valence-corrected chi connectivity index (χ2v) is 6.47. The molecule has 0 aliphatic heterocycles. The third kappa shape index (κ3) is 6.32. The second kappa shape index (κ2) is 10.6. The molecule has 0 saturated heterocycles. The summed E-state index contributed by atoms with van der Waals surface area (Å²) >= 11 is 5.41. The van der Waals surface area contributed by atoms with Crippen molar-refractivity contribution in [2.75, 3.05) is 27.4 Å². The van der Waals surface area contributed by atoms with E-state index >= 15 is 0 Å². The van der Waals surface area contributed by atoms with Gasteiger partial charge in [0.15, 0.2) is 16.6 Å². The maximum absolute atomic E-state index is 5.47. The molecule has 0 heterocycles. The fraction of sp³-hybridized carbons (Fsp3) is 0.381. The molecule has 0 aliphatic carbocycles. The van der Waals surface area contributed by atoms with Crippen LogP contribution in [0.5, 0.6) is 17.2 Å². The first-order valence-corrected chi connectivity index (χ1v) is 9.46. The van der Waals surface area contributed by atoms with E-state index in [2.05, 4.69) is 29.7 Å². The van der Waals surface area contributed by atoms with Gasteiger partial charge in [0.25, 0.3) is 0 Å². The van der Waals surface area contributed by atoms with Crippen molar-refractivity contribution in [3.05, 3.63) is 53.6 Å². The lowest BCUT2D eigenvalue weighted by Crippen LogP contribution is -2.37. The van der Waals surface area contributed by atoms with Gasteiger partial charge in [0.05, 0.1) is 26.9 Å².